The fraction of sp³-hybridized carbons (Fsp3) is 0.500. The van der Waals surface area contributed by atoms with E-state index in [1.807, 2.05) is 6.08 Å². The standard InChI is InChI=1S/C12H24.C8H6O7/c1-3-5-7-9-11-12-10-8-6-4-2;9-5(10)1-3-7(13)15-8(14)4-2-6(11)12/h3H,1,4-12H2,2H3;1-4H,(H,9,10)(H,11,12)/b;3-1-,4-2-. The van der Waals surface area contributed by atoms with E-state index in [-0.39, 0.29) is 0 Å². The van der Waals surface area contributed by atoms with Crippen LogP contribution in [0.2, 0.25) is 0 Å². The monoisotopic (exact) mass is 382 g/mol. The molecule has 27 heavy (non-hydrogen) atoms. The van der Waals surface area contributed by atoms with Crippen LogP contribution >= 0.6 is 0 Å². The first-order chi connectivity index (χ1) is 12.8. The fourth-order valence-corrected chi connectivity index (χ4v) is 1.87. The average molecular weight is 382 g/mol. The first-order valence-electron chi connectivity index (χ1n) is 9.02. The molecule has 0 saturated carbocycles. The summed E-state index contributed by atoms with van der Waals surface area (Å²) in [7, 11) is 0. The molecule has 0 saturated heterocycles. The van der Waals surface area contributed by atoms with Gasteiger partial charge >= 0.3 is 23.9 Å². The fourth-order valence-electron chi connectivity index (χ4n) is 1.87. The van der Waals surface area contributed by atoms with Crippen LogP contribution in [0.25, 0.3) is 0 Å². The number of carbonyl (C=O) groups is 4. The quantitative estimate of drug-likeness (QED) is 0.162. The molecule has 0 aromatic carbocycles. The predicted octanol–water partition coefficient (Wildman–Crippen LogP) is 4.04. The number of allylic oxidation sites excluding steroid dienone is 1. The van der Waals surface area contributed by atoms with Crippen molar-refractivity contribution in [2.45, 2.75) is 64.7 Å². The van der Waals surface area contributed by atoms with Crippen LogP contribution in [-0.4, -0.2) is 34.1 Å². The summed E-state index contributed by atoms with van der Waals surface area (Å²) in [6.07, 6.45) is 16.5. The molecule has 2 N–H and O–H groups in total. The molecule has 0 aromatic heterocycles. The van der Waals surface area contributed by atoms with Gasteiger partial charge in [0.05, 0.1) is 0 Å². The van der Waals surface area contributed by atoms with Crippen LogP contribution in [0.4, 0.5) is 0 Å². The summed E-state index contributed by atoms with van der Waals surface area (Å²) in [6, 6.07) is 0. The molecule has 0 atom stereocenters. The highest BCUT2D eigenvalue weighted by Crippen LogP contribution is 2.09. The van der Waals surface area contributed by atoms with Gasteiger partial charge in [0, 0.05) is 24.3 Å². The second-order valence-corrected chi connectivity index (χ2v) is 5.64. The van der Waals surface area contributed by atoms with E-state index in [0.717, 1.165) is 0 Å². The minimum Gasteiger partial charge on any atom is -0.478 e. The maximum atomic E-state index is 10.6. The second kappa shape index (κ2) is 19.6. The molecule has 0 heterocycles. The third-order valence-electron chi connectivity index (χ3n) is 3.19. The Morgan fingerprint density at radius 1 is 0.741 bits per heavy atom. The van der Waals surface area contributed by atoms with Crippen molar-refractivity contribution in [3.05, 3.63) is 37.0 Å². The Labute approximate surface area is 160 Å². The summed E-state index contributed by atoms with van der Waals surface area (Å²) in [6.45, 7) is 5.99. The van der Waals surface area contributed by atoms with Crippen molar-refractivity contribution in [1.82, 2.24) is 0 Å². The molecule has 0 aromatic rings. The number of esters is 2. The molecule has 7 nitrogen and oxygen atoms in total. The first kappa shape index (κ1) is 26.5. The number of unbranched alkanes of at least 4 members (excludes halogenated alkanes) is 8. The maximum Gasteiger partial charge on any atom is 0.338 e. The van der Waals surface area contributed by atoms with Crippen molar-refractivity contribution in [2.75, 3.05) is 0 Å². The van der Waals surface area contributed by atoms with Crippen molar-refractivity contribution in [3.63, 3.8) is 0 Å². The van der Waals surface area contributed by atoms with Crippen molar-refractivity contribution >= 4 is 23.9 Å². The normalized spacial score (nSPS) is 10.3. The lowest BCUT2D eigenvalue weighted by Gasteiger charge is -1.99. The van der Waals surface area contributed by atoms with E-state index in [4.69, 9.17) is 10.2 Å². The highest BCUT2D eigenvalue weighted by molar-refractivity contribution is 6.00. The molecule has 0 aliphatic carbocycles. The SMILES string of the molecule is C=CCCCCCCCCCC.O=C(O)/C=C\C(=O)OC(=O)/C=C\C(=O)O. The number of carbonyl (C=O) groups excluding carboxylic acids is 2. The van der Waals surface area contributed by atoms with Crippen molar-refractivity contribution in [3.8, 4) is 0 Å². The van der Waals surface area contributed by atoms with Crippen LogP contribution in [0, 0.1) is 0 Å². The molecule has 0 bridgehead atoms. The summed E-state index contributed by atoms with van der Waals surface area (Å²) in [5.74, 6) is -5.14. The van der Waals surface area contributed by atoms with Crippen LogP contribution < -0.4 is 0 Å². The highest BCUT2D eigenvalue weighted by atomic mass is 16.6. The van der Waals surface area contributed by atoms with Crippen LogP contribution in [0.3, 0.4) is 0 Å². The van der Waals surface area contributed by atoms with E-state index in [0.29, 0.717) is 24.3 Å². The minimum atomic E-state index is -1.37. The van der Waals surface area contributed by atoms with Crippen molar-refractivity contribution in [2.24, 2.45) is 0 Å². The van der Waals surface area contributed by atoms with Gasteiger partial charge in [-0.1, -0.05) is 57.9 Å². The molecule has 0 unspecified atom stereocenters. The lowest BCUT2D eigenvalue weighted by Crippen LogP contribution is -2.08. The maximum absolute atomic E-state index is 10.6. The van der Waals surface area contributed by atoms with Crippen molar-refractivity contribution < 1.29 is 34.1 Å². The molecule has 0 fully saturated rings. The Hall–Kier alpha value is -2.70. The van der Waals surface area contributed by atoms with E-state index in [2.05, 4.69) is 18.2 Å². The molecule has 0 spiro atoms. The van der Waals surface area contributed by atoms with E-state index in [1.54, 1.807) is 0 Å². The first-order valence-corrected chi connectivity index (χ1v) is 9.02. The number of ether oxygens (including phenoxy) is 1. The third kappa shape index (κ3) is 25.7. The summed E-state index contributed by atoms with van der Waals surface area (Å²) in [5, 5.41) is 16.2. The highest BCUT2D eigenvalue weighted by Gasteiger charge is 2.04. The third-order valence-corrected chi connectivity index (χ3v) is 3.19. The zero-order valence-electron chi connectivity index (χ0n) is 15.9. The molecule has 0 aliphatic heterocycles. The number of carboxylic acid groups (broad SMARTS) is 2. The van der Waals surface area contributed by atoms with Crippen LogP contribution in [0.5, 0.6) is 0 Å². The predicted molar refractivity (Wildman–Crippen MR) is 102 cm³/mol. The number of aliphatic carboxylic acids is 2. The lowest BCUT2D eigenvalue weighted by molar-refractivity contribution is -0.153. The van der Waals surface area contributed by atoms with Crippen LogP contribution in [0.1, 0.15) is 64.7 Å². The van der Waals surface area contributed by atoms with E-state index in [9.17, 15) is 19.2 Å². The second-order valence-electron chi connectivity index (χ2n) is 5.64. The van der Waals surface area contributed by atoms with Crippen LogP contribution in [-0.2, 0) is 23.9 Å². The van der Waals surface area contributed by atoms with Gasteiger partial charge < -0.3 is 14.9 Å². The number of carboxylic acids is 2. The van der Waals surface area contributed by atoms with E-state index < -0.39 is 23.9 Å². The molecule has 0 aliphatic rings. The molecule has 0 amide bonds. The molecular formula is C20H30O7. The van der Waals surface area contributed by atoms with Gasteiger partial charge in [0.1, 0.15) is 0 Å². The average Bonchev–Trinajstić information content (AvgIpc) is 2.61. The largest absolute Gasteiger partial charge is 0.478 e. The zero-order valence-corrected chi connectivity index (χ0v) is 15.9. The topological polar surface area (TPSA) is 118 Å². The summed E-state index contributed by atoms with van der Waals surface area (Å²) in [5.41, 5.74) is 0. The van der Waals surface area contributed by atoms with Gasteiger partial charge in [-0.05, 0) is 12.8 Å². The molecule has 0 rings (SSSR count). The number of hydrogen-bond donors (Lipinski definition) is 2. The van der Waals surface area contributed by atoms with E-state index >= 15 is 0 Å². The zero-order chi connectivity index (χ0) is 20.9. The Morgan fingerprint density at radius 2 is 1.15 bits per heavy atom. The Bertz CT molecular complexity index is 484. The summed E-state index contributed by atoms with van der Waals surface area (Å²) in [4.78, 5) is 41.1. The smallest absolute Gasteiger partial charge is 0.338 e. The van der Waals surface area contributed by atoms with E-state index in [1.165, 1.54) is 57.8 Å². The van der Waals surface area contributed by atoms with Gasteiger partial charge in [-0.2, -0.15) is 0 Å². The van der Waals surface area contributed by atoms with Gasteiger partial charge in [0.25, 0.3) is 0 Å². The number of hydrogen-bond acceptors (Lipinski definition) is 5. The van der Waals surface area contributed by atoms with Crippen LogP contribution in [0.15, 0.2) is 37.0 Å². The Kier molecular flexibility index (Phi) is 19.3. The number of rotatable bonds is 13. The van der Waals surface area contributed by atoms with Crippen molar-refractivity contribution in [1.29, 1.82) is 0 Å². The Morgan fingerprint density at radius 3 is 1.52 bits per heavy atom. The van der Waals surface area contributed by atoms with Gasteiger partial charge in [0.15, 0.2) is 0 Å². The molecule has 152 valence electrons. The lowest BCUT2D eigenvalue weighted by atomic mass is 10.1. The van der Waals surface area contributed by atoms with Gasteiger partial charge in [0.2, 0.25) is 0 Å². The molecular weight excluding hydrogens is 352 g/mol. The van der Waals surface area contributed by atoms with Gasteiger partial charge in [-0.15, -0.1) is 6.58 Å². The Balaban J connectivity index is 0. The molecule has 7 heteroatoms. The summed E-state index contributed by atoms with van der Waals surface area (Å²) < 4.78 is 3.97. The van der Waals surface area contributed by atoms with Gasteiger partial charge in [-0.3, -0.25) is 0 Å². The molecule has 0 radical (unpaired) electrons. The summed E-state index contributed by atoms with van der Waals surface area (Å²) >= 11 is 0. The minimum absolute atomic E-state index is 0.483. The van der Waals surface area contributed by atoms with Gasteiger partial charge in [-0.25, -0.2) is 19.2 Å².